The van der Waals surface area contributed by atoms with E-state index in [9.17, 15) is 28.9 Å². The molecule has 0 aliphatic rings. The van der Waals surface area contributed by atoms with Gasteiger partial charge < -0.3 is 24.2 Å². The molecule has 3 unspecified atom stereocenters. The fourth-order valence-electron chi connectivity index (χ4n) is 9.50. The van der Waals surface area contributed by atoms with Crippen molar-refractivity contribution in [2.75, 3.05) is 26.4 Å². The van der Waals surface area contributed by atoms with E-state index in [-0.39, 0.29) is 25.9 Å². The fraction of sp³-hybridized carbons (Fsp3) is 0.864. The summed E-state index contributed by atoms with van der Waals surface area (Å²) in [6.07, 6.45) is 65.2. The Hall–Kier alpha value is -2.30. The molecular weight excluding hydrogens is 1000 g/mol. The van der Waals surface area contributed by atoms with Crippen LogP contribution in [0.15, 0.2) is 36.5 Å². The monoisotopic (exact) mass is 1120 g/mol. The third-order valence-electron chi connectivity index (χ3n) is 14.5. The van der Waals surface area contributed by atoms with Crippen LogP contribution in [0.3, 0.4) is 0 Å². The first-order chi connectivity index (χ1) is 38.2. The number of carbonyl (C=O) groups is 3. The Kier molecular flexibility index (Phi) is 59.0. The van der Waals surface area contributed by atoms with E-state index in [1.807, 2.05) is 0 Å². The largest absolute Gasteiger partial charge is 0.472 e. The van der Waals surface area contributed by atoms with Crippen molar-refractivity contribution in [2.45, 2.75) is 341 Å². The Morgan fingerprint density at radius 2 is 0.628 bits per heavy atom. The summed E-state index contributed by atoms with van der Waals surface area (Å²) in [5, 5.41) is 9.85. The molecular formula is C66H123O11P. The van der Waals surface area contributed by atoms with Crippen LogP contribution in [-0.2, 0) is 42.2 Å². The first-order valence-corrected chi connectivity index (χ1v) is 34.4. The van der Waals surface area contributed by atoms with Gasteiger partial charge in [0, 0.05) is 19.3 Å². The average molecular weight is 1120 g/mol. The fourth-order valence-corrected chi connectivity index (χ4v) is 10.3. The third-order valence-corrected chi connectivity index (χ3v) is 15.5. The molecule has 0 aromatic carbocycles. The molecule has 0 spiro atoms. The van der Waals surface area contributed by atoms with Gasteiger partial charge in [0.05, 0.1) is 19.8 Å². The highest BCUT2D eigenvalue weighted by Gasteiger charge is 2.28. The zero-order valence-corrected chi connectivity index (χ0v) is 51.8. The number of carbonyl (C=O) groups excluding carboxylic acids is 3. The quantitative estimate of drug-likeness (QED) is 0.0197. The summed E-state index contributed by atoms with van der Waals surface area (Å²) < 4.78 is 39.7. The van der Waals surface area contributed by atoms with E-state index >= 15 is 0 Å². The van der Waals surface area contributed by atoms with E-state index in [2.05, 4.69) is 57.2 Å². The van der Waals surface area contributed by atoms with Gasteiger partial charge in [-0.15, -0.1) is 0 Å². The molecule has 0 amide bonds. The average Bonchev–Trinajstić information content (AvgIpc) is 3.43. The van der Waals surface area contributed by atoms with Crippen LogP contribution in [0.5, 0.6) is 0 Å². The van der Waals surface area contributed by atoms with Crippen molar-refractivity contribution in [3.05, 3.63) is 36.5 Å². The molecule has 0 rings (SSSR count). The number of ether oxygens (including phenoxy) is 3. The van der Waals surface area contributed by atoms with Gasteiger partial charge in [-0.05, 0) is 77.0 Å². The highest BCUT2D eigenvalue weighted by Crippen LogP contribution is 2.43. The molecule has 3 atom stereocenters. The lowest BCUT2D eigenvalue weighted by molar-refractivity contribution is -0.161. The SMILES string of the molecule is CCCCC/C=C\C/C=C\CCCCCCCCCC(=O)OCC(COP(=O)(O)OCC(CO)OC(=O)CCCCCCC/C=C\CCCCCCCC)OC(=O)CCCCCCCCCCCCCCCCCCCCC. The molecule has 0 bridgehead atoms. The molecule has 0 radical (unpaired) electrons. The normalized spacial score (nSPS) is 13.4. The second-order valence-corrected chi connectivity index (χ2v) is 23.7. The Morgan fingerprint density at radius 1 is 0.359 bits per heavy atom. The number of unbranched alkanes of at least 4 members (excludes halogenated alkanes) is 39. The van der Waals surface area contributed by atoms with Crippen LogP contribution < -0.4 is 0 Å². The molecule has 458 valence electrons. The van der Waals surface area contributed by atoms with Crippen LogP contribution in [0, 0.1) is 0 Å². The number of esters is 3. The number of aliphatic hydroxyl groups is 1. The minimum Gasteiger partial charge on any atom is -0.462 e. The Morgan fingerprint density at radius 3 is 0.987 bits per heavy atom. The summed E-state index contributed by atoms with van der Waals surface area (Å²) >= 11 is 0. The molecule has 12 heteroatoms. The summed E-state index contributed by atoms with van der Waals surface area (Å²) in [5.41, 5.74) is 0. The maximum Gasteiger partial charge on any atom is 0.472 e. The van der Waals surface area contributed by atoms with Gasteiger partial charge in [-0.3, -0.25) is 23.4 Å². The number of hydrogen-bond acceptors (Lipinski definition) is 10. The molecule has 0 fully saturated rings. The number of phosphoric acid groups is 1. The second-order valence-electron chi connectivity index (χ2n) is 22.3. The van der Waals surface area contributed by atoms with Crippen molar-refractivity contribution < 1.29 is 52.2 Å². The van der Waals surface area contributed by atoms with Gasteiger partial charge in [-0.25, -0.2) is 4.57 Å². The third kappa shape index (κ3) is 58.4. The van der Waals surface area contributed by atoms with Crippen LogP contribution >= 0.6 is 7.82 Å². The van der Waals surface area contributed by atoms with E-state index in [0.29, 0.717) is 19.3 Å². The van der Waals surface area contributed by atoms with Crippen molar-refractivity contribution in [1.82, 2.24) is 0 Å². The van der Waals surface area contributed by atoms with E-state index in [1.54, 1.807) is 0 Å². The maximum absolute atomic E-state index is 13.0. The van der Waals surface area contributed by atoms with Gasteiger partial charge in [0.25, 0.3) is 0 Å². The smallest absolute Gasteiger partial charge is 0.462 e. The maximum atomic E-state index is 13.0. The van der Waals surface area contributed by atoms with Crippen LogP contribution in [0.2, 0.25) is 0 Å². The molecule has 11 nitrogen and oxygen atoms in total. The lowest BCUT2D eigenvalue weighted by Crippen LogP contribution is -2.30. The van der Waals surface area contributed by atoms with Gasteiger partial charge in [-0.1, -0.05) is 269 Å². The van der Waals surface area contributed by atoms with Crippen molar-refractivity contribution in [3.8, 4) is 0 Å². The van der Waals surface area contributed by atoms with Gasteiger partial charge >= 0.3 is 25.7 Å². The van der Waals surface area contributed by atoms with Crippen LogP contribution in [0.25, 0.3) is 0 Å². The Labute approximate surface area is 480 Å². The summed E-state index contributed by atoms with van der Waals surface area (Å²) in [7, 11) is -4.75. The first kappa shape index (κ1) is 75.7. The van der Waals surface area contributed by atoms with Gasteiger partial charge in [0.1, 0.15) is 12.7 Å². The molecule has 0 aliphatic carbocycles. The van der Waals surface area contributed by atoms with Crippen molar-refractivity contribution in [1.29, 1.82) is 0 Å². The summed E-state index contributed by atoms with van der Waals surface area (Å²) in [5.74, 6) is -1.45. The molecule has 0 aromatic heterocycles. The molecule has 0 heterocycles. The Bertz CT molecular complexity index is 1450. The number of allylic oxidation sites excluding steroid dienone is 6. The second kappa shape index (κ2) is 60.8. The van der Waals surface area contributed by atoms with Gasteiger partial charge in [-0.2, -0.15) is 0 Å². The number of rotatable bonds is 62. The molecule has 0 aromatic rings. The van der Waals surface area contributed by atoms with Crippen molar-refractivity contribution in [3.63, 3.8) is 0 Å². The molecule has 0 saturated heterocycles. The molecule has 78 heavy (non-hydrogen) atoms. The predicted molar refractivity (Wildman–Crippen MR) is 326 cm³/mol. The lowest BCUT2D eigenvalue weighted by atomic mass is 10.0. The standard InChI is InChI=1S/C66H123O11P/c1-4-7-10-13-16-19-22-25-28-30-31-33-36-39-42-45-48-51-54-57-66(70)77-63(59-73-64(68)55-52-49-46-43-40-37-35-32-29-26-23-20-17-14-11-8-5-2)61-75-78(71,72)74-60-62(58-67)76-65(69)56-53-50-47-44-41-38-34-27-24-21-18-15-12-9-6-3/h17,20,26-27,29,34,62-63,67H,4-16,18-19,21-25,28,30-33,35-61H2,1-3H3,(H,71,72)/b20-17-,29-26-,34-27-. The number of hydrogen-bond donors (Lipinski definition) is 2. The number of aliphatic hydroxyl groups excluding tert-OH is 1. The summed E-state index contributed by atoms with van der Waals surface area (Å²) in [6.45, 7) is 4.67. The Balaban J connectivity index is 4.68. The van der Waals surface area contributed by atoms with E-state index in [0.717, 1.165) is 89.9 Å². The first-order valence-electron chi connectivity index (χ1n) is 32.9. The molecule has 2 N–H and O–H groups in total. The minimum atomic E-state index is -4.75. The van der Waals surface area contributed by atoms with Crippen LogP contribution in [-0.4, -0.2) is 66.5 Å². The van der Waals surface area contributed by atoms with Crippen LogP contribution in [0.1, 0.15) is 329 Å². The number of phosphoric ester groups is 1. The lowest BCUT2D eigenvalue weighted by Gasteiger charge is -2.21. The molecule has 0 saturated carbocycles. The zero-order valence-electron chi connectivity index (χ0n) is 50.9. The summed E-state index contributed by atoms with van der Waals surface area (Å²) in [6, 6.07) is 0. The van der Waals surface area contributed by atoms with Gasteiger partial charge in [0.15, 0.2) is 6.10 Å². The minimum absolute atomic E-state index is 0.170. The van der Waals surface area contributed by atoms with Crippen molar-refractivity contribution >= 4 is 25.7 Å². The summed E-state index contributed by atoms with van der Waals surface area (Å²) in [4.78, 5) is 48.8. The predicted octanol–water partition coefficient (Wildman–Crippen LogP) is 19.9. The highest BCUT2D eigenvalue weighted by atomic mass is 31.2. The zero-order chi connectivity index (χ0) is 56.9. The van der Waals surface area contributed by atoms with E-state index in [4.69, 9.17) is 23.3 Å². The van der Waals surface area contributed by atoms with Crippen LogP contribution in [0.4, 0.5) is 0 Å². The van der Waals surface area contributed by atoms with E-state index in [1.165, 1.54) is 180 Å². The molecule has 0 aliphatic heterocycles. The van der Waals surface area contributed by atoms with Crippen molar-refractivity contribution in [2.24, 2.45) is 0 Å². The van der Waals surface area contributed by atoms with Gasteiger partial charge in [0.2, 0.25) is 0 Å². The van der Waals surface area contributed by atoms with E-state index < -0.39 is 57.8 Å². The topological polar surface area (TPSA) is 155 Å². The highest BCUT2D eigenvalue weighted by molar-refractivity contribution is 7.47.